The molecule has 1 fully saturated rings. The van der Waals surface area contributed by atoms with Crippen molar-refractivity contribution >= 4 is 35.6 Å². The summed E-state index contributed by atoms with van der Waals surface area (Å²) in [5.41, 5.74) is 6.91. The van der Waals surface area contributed by atoms with Crippen LogP contribution < -0.4 is 5.73 Å². The van der Waals surface area contributed by atoms with Crippen molar-refractivity contribution in [1.29, 1.82) is 0 Å². The SMILES string of the molecule is Cl.Cl.NCc1nc(CN2CCN(Cc3cccc4ccccc34)CC2)no1. The molecule has 6 nitrogen and oxygen atoms in total. The highest BCUT2D eigenvalue weighted by atomic mass is 35.5. The Bertz CT molecular complexity index is 843. The number of aromatic nitrogens is 2. The van der Waals surface area contributed by atoms with Crippen molar-refractivity contribution in [2.75, 3.05) is 26.2 Å². The number of hydrogen-bond donors (Lipinski definition) is 1. The van der Waals surface area contributed by atoms with E-state index in [1.165, 1.54) is 16.3 Å². The highest BCUT2D eigenvalue weighted by molar-refractivity contribution is 5.86. The number of nitrogens with two attached hydrogens (primary N) is 1. The second-order valence-corrected chi connectivity index (χ2v) is 6.50. The zero-order chi connectivity index (χ0) is 17.1. The average Bonchev–Trinajstić information content (AvgIpc) is 3.11. The molecule has 1 saturated heterocycles. The summed E-state index contributed by atoms with van der Waals surface area (Å²) in [4.78, 5) is 9.17. The van der Waals surface area contributed by atoms with Crippen molar-refractivity contribution < 1.29 is 4.52 Å². The van der Waals surface area contributed by atoms with Gasteiger partial charge in [-0.05, 0) is 16.3 Å². The van der Waals surface area contributed by atoms with Crippen molar-refractivity contribution in [3.63, 3.8) is 0 Å². The van der Waals surface area contributed by atoms with Crippen molar-refractivity contribution in [2.24, 2.45) is 5.73 Å². The van der Waals surface area contributed by atoms with Crippen molar-refractivity contribution in [1.82, 2.24) is 19.9 Å². The van der Waals surface area contributed by atoms with Gasteiger partial charge in [-0.15, -0.1) is 24.8 Å². The molecule has 0 bridgehead atoms. The maximum atomic E-state index is 5.51. The number of fused-ring (bicyclic) bond motifs is 1. The van der Waals surface area contributed by atoms with E-state index >= 15 is 0 Å². The fraction of sp³-hybridized carbons (Fsp3) is 0.368. The molecule has 1 aliphatic heterocycles. The zero-order valence-corrected chi connectivity index (χ0v) is 16.7. The Morgan fingerprint density at radius 1 is 0.889 bits per heavy atom. The lowest BCUT2D eigenvalue weighted by atomic mass is 10.0. The minimum absolute atomic E-state index is 0. The fourth-order valence-corrected chi connectivity index (χ4v) is 3.41. The van der Waals surface area contributed by atoms with E-state index in [2.05, 4.69) is 62.4 Å². The highest BCUT2D eigenvalue weighted by Crippen LogP contribution is 2.20. The molecule has 2 N–H and O–H groups in total. The van der Waals surface area contributed by atoms with E-state index in [-0.39, 0.29) is 24.8 Å². The van der Waals surface area contributed by atoms with Gasteiger partial charge in [0.2, 0.25) is 5.89 Å². The highest BCUT2D eigenvalue weighted by Gasteiger charge is 2.19. The Morgan fingerprint density at radius 2 is 1.56 bits per heavy atom. The predicted molar refractivity (Wildman–Crippen MR) is 111 cm³/mol. The monoisotopic (exact) mass is 409 g/mol. The molecule has 0 unspecified atom stereocenters. The van der Waals surface area contributed by atoms with Gasteiger partial charge in [0.25, 0.3) is 0 Å². The molecule has 0 spiro atoms. The van der Waals surface area contributed by atoms with Gasteiger partial charge in [0.15, 0.2) is 5.82 Å². The first-order chi connectivity index (χ1) is 12.3. The molecule has 0 aliphatic carbocycles. The van der Waals surface area contributed by atoms with Crippen LogP contribution in [0.1, 0.15) is 17.3 Å². The lowest BCUT2D eigenvalue weighted by molar-refractivity contribution is 0.119. The molecule has 27 heavy (non-hydrogen) atoms. The summed E-state index contributed by atoms with van der Waals surface area (Å²) in [6.07, 6.45) is 0. The van der Waals surface area contributed by atoms with Crippen molar-refractivity contribution in [3.8, 4) is 0 Å². The molecule has 0 amide bonds. The molecule has 8 heteroatoms. The van der Waals surface area contributed by atoms with Crippen LogP contribution in [-0.2, 0) is 19.6 Å². The van der Waals surface area contributed by atoms with Crippen LogP contribution in [-0.4, -0.2) is 46.1 Å². The predicted octanol–water partition coefficient (Wildman–Crippen LogP) is 2.84. The van der Waals surface area contributed by atoms with Crippen LogP contribution in [0.2, 0.25) is 0 Å². The summed E-state index contributed by atoms with van der Waals surface area (Å²) >= 11 is 0. The maximum absolute atomic E-state index is 5.51. The Morgan fingerprint density at radius 3 is 2.26 bits per heavy atom. The number of rotatable bonds is 5. The summed E-state index contributed by atoms with van der Waals surface area (Å²) in [5.74, 6) is 1.23. The summed E-state index contributed by atoms with van der Waals surface area (Å²) < 4.78 is 5.07. The molecule has 2 aromatic carbocycles. The molecular weight excluding hydrogens is 385 g/mol. The largest absolute Gasteiger partial charge is 0.338 e. The Kier molecular flexibility index (Phi) is 8.01. The van der Waals surface area contributed by atoms with E-state index in [1.807, 2.05) is 0 Å². The van der Waals surface area contributed by atoms with Crippen molar-refractivity contribution in [2.45, 2.75) is 19.6 Å². The van der Waals surface area contributed by atoms with Crippen molar-refractivity contribution in [3.05, 3.63) is 59.7 Å². The molecule has 146 valence electrons. The van der Waals surface area contributed by atoms with Crippen LogP contribution >= 0.6 is 24.8 Å². The summed E-state index contributed by atoms with van der Waals surface area (Å²) in [6.45, 7) is 6.14. The van der Waals surface area contributed by atoms with Gasteiger partial charge in [-0.3, -0.25) is 9.80 Å². The summed E-state index contributed by atoms with van der Waals surface area (Å²) in [6, 6.07) is 15.2. The minimum Gasteiger partial charge on any atom is -0.338 e. The number of piperazine rings is 1. The van der Waals surface area contributed by atoms with Crippen LogP contribution in [0.15, 0.2) is 47.0 Å². The zero-order valence-electron chi connectivity index (χ0n) is 15.1. The molecule has 0 atom stereocenters. The van der Waals surface area contributed by atoms with E-state index in [4.69, 9.17) is 10.3 Å². The topological polar surface area (TPSA) is 71.4 Å². The van der Waals surface area contributed by atoms with E-state index in [0.717, 1.165) is 45.1 Å². The van der Waals surface area contributed by atoms with Crippen LogP contribution in [0.4, 0.5) is 0 Å². The molecule has 3 aromatic rings. The lowest BCUT2D eigenvalue weighted by Gasteiger charge is -2.34. The second-order valence-electron chi connectivity index (χ2n) is 6.50. The summed E-state index contributed by atoms with van der Waals surface area (Å²) in [5, 5.41) is 6.65. The normalized spacial score (nSPS) is 15.3. The first-order valence-corrected chi connectivity index (χ1v) is 8.75. The third kappa shape index (κ3) is 5.18. The maximum Gasteiger partial charge on any atom is 0.240 e. The second kappa shape index (κ2) is 10.0. The van der Waals surface area contributed by atoms with Crippen LogP contribution in [0, 0.1) is 0 Å². The van der Waals surface area contributed by atoms with Crippen LogP contribution in [0.5, 0.6) is 0 Å². The third-order valence-corrected chi connectivity index (χ3v) is 4.79. The Hall–Kier alpha value is -1.70. The molecule has 0 radical (unpaired) electrons. The average molecular weight is 410 g/mol. The van der Waals surface area contributed by atoms with Crippen LogP contribution in [0.3, 0.4) is 0 Å². The van der Waals surface area contributed by atoms with Gasteiger partial charge in [0.05, 0.1) is 13.1 Å². The van der Waals surface area contributed by atoms with Crippen LogP contribution in [0.25, 0.3) is 10.8 Å². The quantitative estimate of drug-likeness (QED) is 0.698. The number of nitrogens with zero attached hydrogens (tertiary/aromatic N) is 4. The third-order valence-electron chi connectivity index (χ3n) is 4.79. The molecular formula is C19H25Cl2N5O. The Balaban J connectivity index is 0.00000131. The van der Waals surface area contributed by atoms with Gasteiger partial charge in [0, 0.05) is 32.7 Å². The van der Waals surface area contributed by atoms with Gasteiger partial charge >= 0.3 is 0 Å². The molecule has 1 aromatic heterocycles. The first kappa shape index (κ1) is 21.6. The molecule has 4 rings (SSSR count). The van der Waals surface area contributed by atoms with E-state index in [1.54, 1.807) is 0 Å². The smallest absolute Gasteiger partial charge is 0.240 e. The van der Waals surface area contributed by atoms with E-state index < -0.39 is 0 Å². The van der Waals surface area contributed by atoms with Gasteiger partial charge in [-0.2, -0.15) is 4.98 Å². The van der Waals surface area contributed by atoms with Gasteiger partial charge in [-0.1, -0.05) is 47.6 Å². The molecule has 2 heterocycles. The first-order valence-electron chi connectivity index (χ1n) is 8.75. The molecule has 0 saturated carbocycles. The minimum atomic E-state index is 0. The van der Waals surface area contributed by atoms with Gasteiger partial charge in [0.1, 0.15) is 0 Å². The van der Waals surface area contributed by atoms with Gasteiger partial charge < -0.3 is 10.3 Å². The number of halogens is 2. The molecule has 1 aliphatic rings. The lowest BCUT2D eigenvalue weighted by Crippen LogP contribution is -2.45. The van der Waals surface area contributed by atoms with Gasteiger partial charge in [-0.25, -0.2) is 0 Å². The standard InChI is InChI=1S/C19H23N5O.2ClH/c20-12-19-21-18(22-25-19)14-24-10-8-23(9-11-24)13-16-6-3-5-15-4-1-2-7-17(15)16;;/h1-7H,8-14,20H2;2*1H. The van der Waals surface area contributed by atoms with E-state index in [0.29, 0.717) is 12.4 Å². The summed E-state index contributed by atoms with van der Waals surface area (Å²) in [7, 11) is 0. The number of hydrogen-bond acceptors (Lipinski definition) is 6. The number of benzene rings is 2. The fourth-order valence-electron chi connectivity index (χ4n) is 3.41. The van der Waals surface area contributed by atoms with E-state index in [9.17, 15) is 0 Å². The Labute approximate surface area is 171 Å².